The second kappa shape index (κ2) is 4.99. The third-order valence-electron chi connectivity index (χ3n) is 5.09. The molecule has 3 fully saturated rings. The van der Waals surface area contributed by atoms with Gasteiger partial charge in [-0.15, -0.1) is 0 Å². The molecule has 1 N–H and O–H groups in total. The zero-order valence-corrected chi connectivity index (χ0v) is 12.7. The van der Waals surface area contributed by atoms with Crippen molar-refractivity contribution in [1.82, 2.24) is 14.7 Å². The summed E-state index contributed by atoms with van der Waals surface area (Å²) in [5, 5.41) is 10.0. The normalized spacial score (nSPS) is 35.8. The van der Waals surface area contributed by atoms with E-state index in [-0.39, 0.29) is 6.10 Å². The topological polar surface area (TPSA) is 30.0 Å². The Hall–Kier alpha value is -0.160. The third-order valence-corrected chi connectivity index (χ3v) is 5.09. The largest absolute Gasteiger partial charge is 0.392 e. The molecule has 19 heavy (non-hydrogen) atoms. The maximum absolute atomic E-state index is 10.0. The molecule has 110 valence electrons. The van der Waals surface area contributed by atoms with Crippen LogP contribution in [0.3, 0.4) is 0 Å². The zero-order chi connectivity index (χ0) is 13.6. The number of hydrogen-bond donors (Lipinski definition) is 1. The van der Waals surface area contributed by atoms with Gasteiger partial charge in [0.25, 0.3) is 0 Å². The highest BCUT2D eigenvalue weighted by Gasteiger charge is 2.55. The first kappa shape index (κ1) is 13.8. The summed E-state index contributed by atoms with van der Waals surface area (Å²) < 4.78 is 0. The van der Waals surface area contributed by atoms with Crippen LogP contribution in [-0.2, 0) is 0 Å². The number of aliphatic hydroxyl groups is 1. The van der Waals surface area contributed by atoms with Crippen molar-refractivity contribution in [3.8, 4) is 0 Å². The fourth-order valence-electron chi connectivity index (χ4n) is 4.46. The molecule has 0 saturated carbocycles. The lowest BCUT2D eigenvalue weighted by Gasteiger charge is -2.61. The summed E-state index contributed by atoms with van der Waals surface area (Å²) >= 11 is 0. The number of rotatable bonds is 3. The Balaban J connectivity index is 1.73. The van der Waals surface area contributed by atoms with Crippen molar-refractivity contribution in [2.45, 2.75) is 44.9 Å². The van der Waals surface area contributed by atoms with Crippen molar-refractivity contribution in [1.29, 1.82) is 0 Å². The van der Waals surface area contributed by atoms with Gasteiger partial charge in [-0.05, 0) is 18.9 Å². The van der Waals surface area contributed by atoms with E-state index < -0.39 is 0 Å². The lowest BCUT2D eigenvalue weighted by Crippen LogP contribution is -2.78. The first-order valence-corrected chi connectivity index (χ1v) is 7.92. The highest BCUT2D eigenvalue weighted by atomic mass is 16.3. The SMILES string of the molecule is CCN1CC2(CN(CC(C)C)C[C@@H]3C[C@@H](O)CN32)C1. The molecule has 0 aliphatic carbocycles. The quantitative estimate of drug-likeness (QED) is 0.805. The lowest BCUT2D eigenvalue weighted by atomic mass is 9.83. The van der Waals surface area contributed by atoms with E-state index in [9.17, 15) is 5.11 Å². The molecule has 0 amide bonds. The van der Waals surface area contributed by atoms with Crippen LogP contribution in [0.25, 0.3) is 0 Å². The molecule has 2 atom stereocenters. The van der Waals surface area contributed by atoms with Crippen molar-refractivity contribution < 1.29 is 5.11 Å². The molecule has 0 unspecified atom stereocenters. The highest BCUT2D eigenvalue weighted by Crippen LogP contribution is 2.38. The van der Waals surface area contributed by atoms with E-state index in [1.54, 1.807) is 0 Å². The van der Waals surface area contributed by atoms with Gasteiger partial charge in [0.15, 0.2) is 0 Å². The molecule has 3 heterocycles. The number of piperazine rings is 1. The van der Waals surface area contributed by atoms with E-state index >= 15 is 0 Å². The van der Waals surface area contributed by atoms with Crippen molar-refractivity contribution in [3.05, 3.63) is 0 Å². The maximum Gasteiger partial charge on any atom is 0.0682 e. The second-order valence-corrected chi connectivity index (χ2v) is 7.31. The molecule has 0 aromatic rings. The summed E-state index contributed by atoms with van der Waals surface area (Å²) in [6, 6.07) is 0.585. The second-order valence-electron chi connectivity index (χ2n) is 7.31. The maximum atomic E-state index is 10.0. The standard InChI is InChI=1S/C15H29N3O/c1-4-16-9-15(10-16)11-17(6-12(2)3)7-13-5-14(19)8-18(13)15/h12-14,19H,4-11H2,1-3H3/t13-,14+/m0/s1. The van der Waals surface area contributed by atoms with Crippen molar-refractivity contribution in [2.75, 3.05) is 45.8 Å². The molecule has 0 aromatic heterocycles. The third kappa shape index (κ3) is 2.44. The van der Waals surface area contributed by atoms with Gasteiger partial charge >= 0.3 is 0 Å². The minimum absolute atomic E-state index is 0.100. The Morgan fingerprint density at radius 3 is 2.47 bits per heavy atom. The van der Waals surface area contributed by atoms with E-state index in [1.165, 1.54) is 26.2 Å². The van der Waals surface area contributed by atoms with Crippen LogP contribution in [0.1, 0.15) is 27.2 Å². The summed E-state index contributed by atoms with van der Waals surface area (Å²) in [7, 11) is 0. The number of hydrogen-bond acceptors (Lipinski definition) is 4. The van der Waals surface area contributed by atoms with Crippen molar-refractivity contribution in [3.63, 3.8) is 0 Å². The monoisotopic (exact) mass is 267 g/mol. The van der Waals surface area contributed by atoms with Gasteiger partial charge in [-0.25, -0.2) is 0 Å². The van der Waals surface area contributed by atoms with E-state index in [1.807, 2.05) is 0 Å². The molecule has 0 bridgehead atoms. The van der Waals surface area contributed by atoms with Gasteiger partial charge in [-0.3, -0.25) is 14.7 Å². The first-order chi connectivity index (χ1) is 9.02. The Kier molecular flexibility index (Phi) is 3.63. The Morgan fingerprint density at radius 2 is 1.84 bits per heavy atom. The minimum atomic E-state index is -0.100. The van der Waals surface area contributed by atoms with Gasteiger partial charge in [0.2, 0.25) is 0 Å². The lowest BCUT2D eigenvalue weighted by molar-refractivity contribution is -0.113. The molecule has 1 spiro atoms. The summed E-state index contributed by atoms with van der Waals surface area (Å²) in [4.78, 5) is 7.82. The van der Waals surface area contributed by atoms with Crippen LogP contribution in [0.15, 0.2) is 0 Å². The molecule has 3 aliphatic rings. The molecule has 4 nitrogen and oxygen atoms in total. The van der Waals surface area contributed by atoms with Crippen molar-refractivity contribution in [2.24, 2.45) is 5.92 Å². The Bertz CT molecular complexity index is 327. The predicted molar refractivity (Wildman–Crippen MR) is 77.2 cm³/mol. The van der Waals surface area contributed by atoms with Gasteiger partial charge in [0.1, 0.15) is 0 Å². The molecule has 0 radical (unpaired) electrons. The van der Waals surface area contributed by atoms with Gasteiger partial charge in [0.05, 0.1) is 11.6 Å². The number of aliphatic hydroxyl groups excluding tert-OH is 1. The molecule has 4 heteroatoms. The zero-order valence-electron chi connectivity index (χ0n) is 12.7. The fraction of sp³-hybridized carbons (Fsp3) is 1.00. The summed E-state index contributed by atoms with van der Waals surface area (Å²) in [6.07, 6.45) is 0.874. The van der Waals surface area contributed by atoms with Crippen LogP contribution in [0.2, 0.25) is 0 Å². The number of likely N-dealkylation sites (tertiary alicyclic amines) is 1. The molecule has 3 aliphatic heterocycles. The summed E-state index contributed by atoms with van der Waals surface area (Å²) in [5.74, 6) is 0.734. The fourth-order valence-corrected chi connectivity index (χ4v) is 4.46. The number of likely N-dealkylation sites (N-methyl/N-ethyl adjacent to an activating group) is 1. The van der Waals surface area contributed by atoms with Gasteiger partial charge < -0.3 is 5.11 Å². The average Bonchev–Trinajstić information content (AvgIpc) is 2.64. The first-order valence-electron chi connectivity index (χ1n) is 7.92. The van der Waals surface area contributed by atoms with Crippen LogP contribution in [0.4, 0.5) is 0 Å². The Morgan fingerprint density at radius 1 is 1.16 bits per heavy atom. The van der Waals surface area contributed by atoms with E-state index in [4.69, 9.17) is 0 Å². The predicted octanol–water partition coefficient (Wildman–Crippen LogP) is 0.468. The molecular weight excluding hydrogens is 238 g/mol. The highest BCUT2D eigenvalue weighted by molar-refractivity contribution is 5.13. The van der Waals surface area contributed by atoms with Gasteiger partial charge in [-0.2, -0.15) is 0 Å². The molecular formula is C15H29N3O. The number of fused-ring (bicyclic) bond motifs is 2. The molecule has 3 saturated heterocycles. The van der Waals surface area contributed by atoms with Crippen LogP contribution in [0.5, 0.6) is 0 Å². The van der Waals surface area contributed by atoms with Crippen LogP contribution in [-0.4, -0.2) is 83.3 Å². The van der Waals surface area contributed by atoms with Crippen LogP contribution in [0, 0.1) is 5.92 Å². The van der Waals surface area contributed by atoms with Crippen LogP contribution < -0.4 is 0 Å². The van der Waals surface area contributed by atoms with Crippen LogP contribution >= 0.6 is 0 Å². The average molecular weight is 267 g/mol. The number of nitrogens with zero attached hydrogens (tertiary/aromatic N) is 3. The van der Waals surface area contributed by atoms with Crippen molar-refractivity contribution >= 4 is 0 Å². The number of β-amino-alcohol motifs (C(OH)–C–C–N with tert-alkyl or cyclic N) is 1. The van der Waals surface area contributed by atoms with Gasteiger partial charge in [-0.1, -0.05) is 20.8 Å². The summed E-state index contributed by atoms with van der Waals surface area (Å²) in [5.41, 5.74) is 0.339. The summed E-state index contributed by atoms with van der Waals surface area (Å²) in [6.45, 7) is 14.9. The van der Waals surface area contributed by atoms with Gasteiger partial charge in [0, 0.05) is 45.3 Å². The minimum Gasteiger partial charge on any atom is -0.392 e. The molecule has 0 aromatic carbocycles. The van der Waals surface area contributed by atoms with E-state index in [0.29, 0.717) is 11.6 Å². The Labute approximate surface area is 117 Å². The van der Waals surface area contributed by atoms with E-state index in [2.05, 4.69) is 35.5 Å². The van der Waals surface area contributed by atoms with E-state index in [0.717, 1.165) is 32.0 Å². The molecule has 3 rings (SSSR count). The smallest absolute Gasteiger partial charge is 0.0682 e.